The molecule has 98 valence electrons. The lowest BCUT2D eigenvalue weighted by molar-refractivity contribution is 0.0698. The summed E-state index contributed by atoms with van der Waals surface area (Å²) in [7, 11) is 0. The summed E-state index contributed by atoms with van der Waals surface area (Å²) >= 11 is 7.55. The first-order valence-corrected chi connectivity index (χ1v) is 6.94. The lowest BCUT2D eigenvalue weighted by Crippen LogP contribution is -2.03. The van der Waals surface area contributed by atoms with Gasteiger partial charge in [-0.25, -0.2) is 4.79 Å². The number of nitrogens with two attached hydrogens (primary N) is 1. The summed E-state index contributed by atoms with van der Waals surface area (Å²) in [6.45, 7) is 0. The van der Waals surface area contributed by atoms with Crippen molar-refractivity contribution in [1.82, 2.24) is 0 Å². The Kier molecular flexibility index (Phi) is 4.35. The van der Waals surface area contributed by atoms with Crippen molar-refractivity contribution in [2.24, 2.45) is 0 Å². The minimum Gasteiger partial charge on any atom is -0.478 e. The van der Waals surface area contributed by atoms with Gasteiger partial charge in [0, 0.05) is 15.7 Å². The molecule has 5 heteroatoms. The third-order valence-electron chi connectivity index (χ3n) is 2.64. The molecule has 2 rings (SSSR count). The van der Waals surface area contributed by atoms with E-state index in [1.165, 1.54) is 17.8 Å². The normalized spacial score (nSPS) is 10.4. The first-order chi connectivity index (χ1) is 9.09. The average molecular weight is 294 g/mol. The van der Waals surface area contributed by atoms with Crippen LogP contribution in [0.15, 0.2) is 47.4 Å². The number of anilines is 1. The van der Waals surface area contributed by atoms with Crippen molar-refractivity contribution in [1.29, 1.82) is 0 Å². The maximum absolute atomic E-state index is 11.0. The fraction of sp³-hybridized carbons (Fsp3) is 0.0714. The first kappa shape index (κ1) is 13.8. The van der Waals surface area contributed by atoms with Gasteiger partial charge in [-0.3, -0.25) is 0 Å². The van der Waals surface area contributed by atoms with Gasteiger partial charge in [0.05, 0.1) is 11.3 Å². The van der Waals surface area contributed by atoms with E-state index >= 15 is 0 Å². The summed E-state index contributed by atoms with van der Waals surface area (Å²) in [6.07, 6.45) is 0. The molecule has 0 heterocycles. The highest BCUT2D eigenvalue weighted by Crippen LogP contribution is 2.32. The lowest BCUT2D eigenvalue weighted by Gasteiger charge is -2.08. The van der Waals surface area contributed by atoms with E-state index in [4.69, 9.17) is 22.4 Å². The second-order valence-corrected chi connectivity index (χ2v) is 5.33. The summed E-state index contributed by atoms with van der Waals surface area (Å²) in [5.41, 5.74) is 7.27. The molecule has 0 amide bonds. The number of carbonyl (C=O) groups is 1. The van der Waals surface area contributed by atoms with Gasteiger partial charge in [0.2, 0.25) is 0 Å². The van der Waals surface area contributed by atoms with Crippen LogP contribution in [0.4, 0.5) is 5.69 Å². The van der Waals surface area contributed by atoms with Gasteiger partial charge in [0.15, 0.2) is 0 Å². The second-order valence-electron chi connectivity index (χ2n) is 3.90. The molecular weight excluding hydrogens is 282 g/mol. The van der Waals surface area contributed by atoms with E-state index in [1.54, 1.807) is 6.07 Å². The van der Waals surface area contributed by atoms with Crippen molar-refractivity contribution >= 4 is 35.0 Å². The Labute approximate surface area is 120 Å². The highest BCUT2D eigenvalue weighted by molar-refractivity contribution is 7.98. The molecule has 0 aliphatic rings. The highest BCUT2D eigenvalue weighted by atomic mass is 35.5. The van der Waals surface area contributed by atoms with Crippen LogP contribution in [-0.4, -0.2) is 11.1 Å². The predicted octanol–water partition coefficient (Wildman–Crippen LogP) is 3.91. The first-order valence-electron chi connectivity index (χ1n) is 5.57. The molecule has 19 heavy (non-hydrogen) atoms. The van der Waals surface area contributed by atoms with E-state index in [1.807, 2.05) is 30.3 Å². The lowest BCUT2D eigenvalue weighted by atomic mass is 10.2. The molecule has 2 aromatic carbocycles. The van der Waals surface area contributed by atoms with Crippen LogP contribution >= 0.6 is 23.4 Å². The molecule has 0 fully saturated rings. The Hall–Kier alpha value is -1.65. The molecule has 3 nitrogen and oxygen atoms in total. The number of nitrogen functional groups attached to an aromatic ring is 1. The molecule has 0 aliphatic carbocycles. The van der Waals surface area contributed by atoms with Crippen LogP contribution in [0.5, 0.6) is 0 Å². The highest BCUT2D eigenvalue weighted by Gasteiger charge is 2.11. The smallest absolute Gasteiger partial charge is 0.337 e. The molecule has 0 atom stereocenters. The molecule has 0 unspecified atom stereocenters. The minimum atomic E-state index is -1.02. The van der Waals surface area contributed by atoms with Gasteiger partial charge in [0.1, 0.15) is 0 Å². The van der Waals surface area contributed by atoms with E-state index < -0.39 is 5.97 Å². The predicted molar refractivity (Wildman–Crippen MR) is 78.8 cm³/mol. The minimum absolute atomic E-state index is 0.129. The Morgan fingerprint density at radius 2 is 1.95 bits per heavy atom. The number of carboxylic acid groups (broad SMARTS) is 1. The van der Waals surface area contributed by atoms with Crippen molar-refractivity contribution in [2.45, 2.75) is 10.6 Å². The number of thioether (sulfide) groups is 1. The molecular formula is C14H12ClNO2S. The van der Waals surface area contributed by atoms with Crippen molar-refractivity contribution in [2.75, 3.05) is 5.73 Å². The zero-order chi connectivity index (χ0) is 13.8. The molecule has 0 saturated heterocycles. The van der Waals surface area contributed by atoms with Crippen molar-refractivity contribution < 1.29 is 9.90 Å². The van der Waals surface area contributed by atoms with Crippen molar-refractivity contribution in [3.63, 3.8) is 0 Å². The van der Waals surface area contributed by atoms with Crippen LogP contribution in [0.2, 0.25) is 5.02 Å². The van der Waals surface area contributed by atoms with Gasteiger partial charge in [-0.05, 0) is 23.8 Å². The van der Waals surface area contributed by atoms with E-state index in [2.05, 4.69) is 0 Å². The standard InChI is InChI=1S/C14H12ClNO2S/c15-11-6-2-1-4-9(11)8-19-12-7-3-5-10(13(12)16)14(17)18/h1-7H,8,16H2,(H,17,18). The number of carboxylic acids is 1. The Bertz CT molecular complexity index is 616. The van der Waals surface area contributed by atoms with Crippen molar-refractivity contribution in [3.8, 4) is 0 Å². The number of benzene rings is 2. The molecule has 0 aliphatic heterocycles. The zero-order valence-corrected chi connectivity index (χ0v) is 11.5. The van der Waals surface area contributed by atoms with E-state index in [9.17, 15) is 4.79 Å². The number of hydrogen-bond donors (Lipinski definition) is 2. The van der Waals surface area contributed by atoms with E-state index in [-0.39, 0.29) is 5.56 Å². The molecule has 0 saturated carbocycles. The Balaban J connectivity index is 2.19. The SMILES string of the molecule is Nc1c(SCc2ccccc2Cl)cccc1C(=O)O. The van der Waals surface area contributed by atoms with Crippen LogP contribution in [-0.2, 0) is 5.75 Å². The van der Waals surface area contributed by atoms with Gasteiger partial charge in [-0.15, -0.1) is 11.8 Å². The Morgan fingerprint density at radius 3 is 2.63 bits per heavy atom. The maximum Gasteiger partial charge on any atom is 0.337 e. The summed E-state index contributed by atoms with van der Waals surface area (Å²) < 4.78 is 0. The van der Waals surface area contributed by atoms with Gasteiger partial charge in [-0.2, -0.15) is 0 Å². The molecule has 0 aromatic heterocycles. The van der Waals surface area contributed by atoms with Crippen LogP contribution in [0.3, 0.4) is 0 Å². The second kappa shape index (κ2) is 5.99. The molecule has 3 N–H and O–H groups in total. The fourth-order valence-corrected chi connectivity index (χ4v) is 2.91. The van der Waals surface area contributed by atoms with E-state index in [0.29, 0.717) is 16.5 Å². The monoisotopic (exact) mass is 293 g/mol. The van der Waals surface area contributed by atoms with Gasteiger partial charge < -0.3 is 10.8 Å². The van der Waals surface area contributed by atoms with Gasteiger partial charge in [-0.1, -0.05) is 35.9 Å². The molecule has 0 spiro atoms. The topological polar surface area (TPSA) is 63.3 Å². The summed E-state index contributed by atoms with van der Waals surface area (Å²) in [5, 5.41) is 9.71. The van der Waals surface area contributed by atoms with Gasteiger partial charge in [0.25, 0.3) is 0 Å². The van der Waals surface area contributed by atoms with Crippen LogP contribution in [0, 0.1) is 0 Å². The molecule has 0 radical (unpaired) electrons. The molecule has 2 aromatic rings. The average Bonchev–Trinajstić information content (AvgIpc) is 2.39. The van der Waals surface area contributed by atoms with Crippen LogP contribution in [0.1, 0.15) is 15.9 Å². The third-order valence-corrected chi connectivity index (χ3v) is 4.13. The number of hydrogen-bond acceptors (Lipinski definition) is 3. The quantitative estimate of drug-likeness (QED) is 0.662. The maximum atomic E-state index is 11.0. The number of halogens is 1. The largest absolute Gasteiger partial charge is 0.478 e. The Morgan fingerprint density at radius 1 is 1.21 bits per heavy atom. The number of para-hydroxylation sites is 1. The van der Waals surface area contributed by atoms with Crippen LogP contribution in [0.25, 0.3) is 0 Å². The summed E-state index contributed by atoms with van der Waals surface area (Å²) in [6, 6.07) is 12.5. The molecule has 0 bridgehead atoms. The van der Waals surface area contributed by atoms with E-state index in [0.717, 1.165) is 10.5 Å². The summed E-state index contributed by atoms with van der Waals surface area (Å²) in [5.74, 6) is -0.370. The van der Waals surface area contributed by atoms with Crippen LogP contribution < -0.4 is 5.73 Å². The number of aromatic carboxylic acids is 1. The fourth-order valence-electron chi connectivity index (χ4n) is 1.63. The van der Waals surface area contributed by atoms with Gasteiger partial charge >= 0.3 is 5.97 Å². The zero-order valence-electron chi connectivity index (χ0n) is 9.97. The summed E-state index contributed by atoms with van der Waals surface area (Å²) in [4.78, 5) is 11.7. The van der Waals surface area contributed by atoms with Crippen molar-refractivity contribution in [3.05, 3.63) is 58.6 Å². The third kappa shape index (κ3) is 3.22. The number of rotatable bonds is 4.